The quantitative estimate of drug-likeness (QED) is 0.761. The van der Waals surface area contributed by atoms with Gasteiger partial charge in [0.1, 0.15) is 5.75 Å². The van der Waals surface area contributed by atoms with Gasteiger partial charge in [0.25, 0.3) is 5.91 Å². The number of imide groups is 1. The third-order valence-electron chi connectivity index (χ3n) is 3.41. The monoisotopic (exact) mass is 277 g/mol. The third-order valence-corrected chi connectivity index (χ3v) is 3.41. The summed E-state index contributed by atoms with van der Waals surface area (Å²) in [6, 6.07) is 5.33. The Hall–Kier alpha value is -2.08. The van der Waals surface area contributed by atoms with Crippen molar-refractivity contribution in [1.82, 2.24) is 10.6 Å². The Morgan fingerprint density at radius 1 is 1.45 bits per heavy atom. The standard InChI is InChI=1S/C14H19N3O3/c1-16-12-4-2-3-9-7-10(5-6-11(9)12)20-8-13(18)17-14(15)19/h5-7,12,16H,2-4,8H2,1H3,(H3,15,17,18,19). The number of urea groups is 1. The second-order valence-corrected chi connectivity index (χ2v) is 4.80. The molecular formula is C14H19N3O3. The number of carbonyl (C=O) groups is 2. The number of hydrogen-bond donors (Lipinski definition) is 3. The van der Waals surface area contributed by atoms with Crippen LogP contribution in [0.4, 0.5) is 4.79 Å². The topological polar surface area (TPSA) is 93.4 Å². The zero-order valence-electron chi connectivity index (χ0n) is 11.4. The lowest BCUT2D eigenvalue weighted by molar-refractivity contribution is -0.121. The van der Waals surface area contributed by atoms with E-state index in [9.17, 15) is 9.59 Å². The Morgan fingerprint density at radius 3 is 2.95 bits per heavy atom. The summed E-state index contributed by atoms with van der Waals surface area (Å²) in [5.41, 5.74) is 7.37. The molecule has 0 radical (unpaired) electrons. The lowest BCUT2D eigenvalue weighted by Crippen LogP contribution is -2.38. The molecule has 0 aliphatic heterocycles. The molecule has 2 rings (SSSR count). The SMILES string of the molecule is CNC1CCCc2cc(OCC(=O)NC(N)=O)ccc21. The van der Waals surface area contributed by atoms with Gasteiger partial charge in [-0.3, -0.25) is 10.1 Å². The fourth-order valence-electron chi connectivity index (χ4n) is 2.50. The van der Waals surface area contributed by atoms with E-state index in [0.29, 0.717) is 11.8 Å². The number of nitrogens with one attached hydrogen (secondary N) is 2. The van der Waals surface area contributed by atoms with Crippen molar-refractivity contribution in [2.75, 3.05) is 13.7 Å². The van der Waals surface area contributed by atoms with Gasteiger partial charge < -0.3 is 15.8 Å². The summed E-state index contributed by atoms with van der Waals surface area (Å²) in [5.74, 6) is 0.0726. The highest BCUT2D eigenvalue weighted by Crippen LogP contribution is 2.31. The molecule has 0 aromatic heterocycles. The van der Waals surface area contributed by atoms with Crippen LogP contribution in [-0.4, -0.2) is 25.6 Å². The summed E-state index contributed by atoms with van der Waals surface area (Å²) in [5, 5.41) is 5.25. The van der Waals surface area contributed by atoms with Gasteiger partial charge in [-0.05, 0) is 49.6 Å². The summed E-state index contributed by atoms with van der Waals surface area (Å²) >= 11 is 0. The minimum absolute atomic E-state index is 0.225. The third kappa shape index (κ3) is 3.48. The number of primary amides is 1. The van der Waals surface area contributed by atoms with Gasteiger partial charge in [0, 0.05) is 6.04 Å². The van der Waals surface area contributed by atoms with Crippen LogP contribution in [0.15, 0.2) is 18.2 Å². The lowest BCUT2D eigenvalue weighted by atomic mass is 9.87. The van der Waals surface area contributed by atoms with Crippen LogP contribution < -0.4 is 21.1 Å². The molecule has 1 aromatic carbocycles. The van der Waals surface area contributed by atoms with Crippen LogP contribution in [0.25, 0.3) is 0 Å². The van der Waals surface area contributed by atoms with E-state index in [1.54, 1.807) is 0 Å². The molecule has 0 fully saturated rings. The van der Waals surface area contributed by atoms with Crippen LogP contribution in [0.1, 0.15) is 30.0 Å². The highest BCUT2D eigenvalue weighted by atomic mass is 16.5. The Kier molecular flexibility index (Phi) is 4.57. The van der Waals surface area contributed by atoms with Gasteiger partial charge in [-0.2, -0.15) is 0 Å². The highest BCUT2D eigenvalue weighted by Gasteiger charge is 2.19. The van der Waals surface area contributed by atoms with Crippen molar-refractivity contribution in [2.24, 2.45) is 5.73 Å². The average Bonchev–Trinajstić information content (AvgIpc) is 2.43. The minimum Gasteiger partial charge on any atom is -0.484 e. The van der Waals surface area contributed by atoms with Gasteiger partial charge in [-0.15, -0.1) is 0 Å². The van der Waals surface area contributed by atoms with Gasteiger partial charge in [-0.1, -0.05) is 6.07 Å². The van der Waals surface area contributed by atoms with Crippen LogP contribution in [0, 0.1) is 0 Å². The molecule has 3 amide bonds. The normalized spacial score (nSPS) is 17.1. The van der Waals surface area contributed by atoms with E-state index in [0.717, 1.165) is 19.3 Å². The number of hydrogen-bond acceptors (Lipinski definition) is 4. The molecule has 1 atom stereocenters. The molecule has 4 N–H and O–H groups in total. The van der Waals surface area contributed by atoms with Crippen molar-refractivity contribution in [3.8, 4) is 5.75 Å². The maximum Gasteiger partial charge on any atom is 0.318 e. The number of rotatable bonds is 4. The molecule has 1 aliphatic carbocycles. The molecular weight excluding hydrogens is 258 g/mol. The predicted octanol–water partition coefficient (Wildman–Crippen LogP) is 0.857. The molecule has 0 bridgehead atoms. The molecule has 6 nitrogen and oxygen atoms in total. The molecule has 1 unspecified atom stereocenters. The fraction of sp³-hybridized carbons (Fsp3) is 0.429. The number of fused-ring (bicyclic) bond motifs is 1. The summed E-state index contributed by atoms with van der Waals surface area (Å²) in [7, 11) is 1.96. The van der Waals surface area contributed by atoms with Gasteiger partial charge in [0.05, 0.1) is 0 Å². The van der Waals surface area contributed by atoms with Gasteiger partial charge in [0.2, 0.25) is 0 Å². The highest BCUT2D eigenvalue weighted by molar-refractivity contribution is 5.94. The number of benzene rings is 1. The summed E-state index contributed by atoms with van der Waals surface area (Å²) in [6.07, 6.45) is 3.27. The second kappa shape index (κ2) is 6.38. The summed E-state index contributed by atoms with van der Waals surface area (Å²) in [6.45, 7) is -0.225. The molecule has 1 aromatic rings. The summed E-state index contributed by atoms with van der Waals surface area (Å²) in [4.78, 5) is 21.8. The predicted molar refractivity (Wildman–Crippen MR) is 74.4 cm³/mol. The molecule has 108 valence electrons. The largest absolute Gasteiger partial charge is 0.484 e. The van der Waals surface area contributed by atoms with Crippen LogP contribution in [-0.2, 0) is 11.2 Å². The van der Waals surface area contributed by atoms with Crippen LogP contribution in [0.3, 0.4) is 0 Å². The zero-order valence-corrected chi connectivity index (χ0v) is 11.4. The lowest BCUT2D eigenvalue weighted by Gasteiger charge is -2.25. The Bertz CT molecular complexity index is 516. The molecule has 20 heavy (non-hydrogen) atoms. The fourth-order valence-corrected chi connectivity index (χ4v) is 2.50. The Morgan fingerprint density at radius 2 is 2.25 bits per heavy atom. The maximum absolute atomic E-state index is 11.3. The minimum atomic E-state index is -0.874. The average molecular weight is 277 g/mol. The van der Waals surface area contributed by atoms with E-state index in [1.807, 2.05) is 30.6 Å². The van der Waals surface area contributed by atoms with E-state index >= 15 is 0 Å². The smallest absolute Gasteiger partial charge is 0.318 e. The number of carbonyl (C=O) groups excluding carboxylic acids is 2. The zero-order chi connectivity index (χ0) is 14.5. The van der Waals surface area contributed by atoms with Gasteiger partial charge in [-0.25, -0.2) is 4.79 Å². The van der Waals surface area contributed by atoms with Crippen molar-refractivity contribution in [3.05, 3.63) is 29.3 Å². The Balaban J connectivity index is 2.00. The first-order chi connectivity index (χ1) is 9.60. The molecule has 0 saturated carbocycles. The van der Waals surface area contributed by atoms with Crippen LogP contribution in [0.2, 0.25) is 0 Å². The molecule has 0 saturated heterocycles. The van der Waals surface area contributed by atoms with E-state index in [2.05, 4.69) is 5.32 Å². The van der Waals surface area contributed by atoms with Crippen LogP contribution in [0.5, 0.6) is 5.75 Å². The van der Waals surface area contributed by atoms with E-state index in [4.69, 9.17) is 10.5 Å². The van der Waals surface area contributed by atoms with E-state index in [1.165, 1.54) is 11.1 Å². The first-order valence-corrected chi connectivity index (χ1v) is 6.62. The molecule has 0 heterocycles. The number of ether oxygens (including phenoxy) is 1. The van der Waals surface area contributed by atoms with Crippen LogP contribution >= 0.6 is 0 Å². The number of nitrogens with two attached hydrogens (primary N) is 1. The maximum atomic E-state index is 11.3. The van der Waals surface area contributed by atoms with Gasteiger partial charge >= 0.3 is 6.03 Å². The van der Waals surface area contributed by atoms with Gasteiger partial charge in [0.15, 0.2) is 6.61 Å². The number of aryl methyl sites for hydroxylation is 1. The Labute approximate surface area is 117 Å². The van der Waals surface area contributed by atoms with Crippen molar-refractivity contribution in [2.45, 2.75) is 25.3 Å². The number of amides is 3. The molecule has 0 spiro atoms. The first-order valence-electron chi connectivity index (χ1n) is 6.62. The van der Waals surface area contributed by atoms with Crippen molar-refractivity contribution in [1.29, 1.82) is 0 Å². The second-order valence-electron chi connectivity index (χ2n) is 4.80. The molecule has 6 heteroatoms. The first kappa shape index (κ1) is 14.3. The molecule has 1 aliphatic rings. The van der Waals surface area contributed by atoms with Crippen molar-refractivity contribution >= 4 is 11.9 Å². The van der Waals surface area contributed by atoms with E-state index < -0.39 is 11.9 Å². The van der Waals surface area contributed by atoms with Crippen molar-refractivity contribution < 1.29 is 14.3 Å². The van der Waals surface area contributed by atoms with Crippen molar-refractivity contribution in [3.63, 3.8) is 0 Å². The summed E-state index contributed by atoms with van der Waals surface area (Å²) < 4.78 is 5.36. The van der Waals surface area contributed by atoms with E-state index in [-0.39, 0.29) is 6.61 Å².